The lowest BCUT2D eigenvalue weighted by Crippen LogP contribution is -2.34. The van der Waals surface area contributed by atoms with Gasteiger partial charge in [0.1, 0.15) is 5.75 Å². The molecule has 0 aliphatic rings. The third kappa shape index (κ3) is 5.37. The highest BCUT2D eigenvalue weighted by Gasteiger charge is 2.13. The molecule has 128 valence electrons. The third-order valence-electron chi connectivity index (χ3n) is 3.66. The van der Waals surface area contributed by atoms with Crippen LogP contribution >= 0.6 is 0 Å². The van der Waals surface area contributed by atoms with Crippen LogP contribution in [0, 0.1) is 6.92 Å². The van der Waals surface area contributed by atoms with Crippen molar-refractivity contribution in [3.8, 4) is 5.75 Å². The number of carbonyl (C=O) groups excluding carboxylic acids is 1. The molecule has 0 fully saturated rings. The van der Waals surface area contributed by atoms with E-state index in [2.05, 4.69) is 5.32 Å². The van der Waals surface area contributed by atoms with Gasteiger partial charge in [-0.3, -0.25) is 9.69 Å². The summed E-state index contributed by atoms with van der Waals surface area (Å²) in [7, 11) is 1.58. The lowest BCUT2D eigenvalue weighted by atomic mass is 10.2. The summed E-state index contributed by atoms with van der Waals surface area (Å²) in [5, 5.41) is 12.1. The first-order valence-corrected chi connectivity index (χ1v) is 7.94. The molecule has 0 radical (unpaired) electrons. The van der Waals surface area contributed by atoms with Crippen molar-refractivity contribution in [3.63, 3.8) is 0 Å². The predicted molar refractivity (Wildman–Crippen MR) is 95.2 cm³/mol. The molecule has 0 atom stereocenters. The number of carbonyl (C=O) groups is 1. The van der Waals surface area contributed by atoms with Crippen LogP contribution in [0.1, 0.15) is 11.1 Å². The van der Waals surface area contributed by atoms with Gasteiger partial charge >= 0.3 is 0 Å². The first-order valence-electron chi connectivity index (χ1n) is 7.94. The van der Waals surface area contributed by atoms with Crippen molar-refractivity contribution in [1.82, 2.24) is 4.90 Å². The molecule has 0 saturated carbocycles. The van der Waals surface area contributed by atoms with Gasteiger partial charge in [0.05, 0.1) is 25.9 Å². The zero-order chi connectivity index (χ0) is 17.4. The van der Waals surface area contributed by atoms with Gasteiger partial charge in [0.2, 0.25) is 5.91 Å². The van der Waals surface area contributed by atoms with Crippen molar-refractivity contribution in [2.24, 2.45) is 0 Å². The molecule has 5 heteroatoms. The fourth-order valence-electron chi connectivity index (χ4n) is 2.51. The zero-order valence-electron chi connectivity index (χ0n) is 14.2. The van der Waals surface area contributed by atoms with Gasteiger partial charge in [-0.25, -0.2) is 0 Å². The second-order valence-electron chi connectivity index (χ2n) is 5.67. The van der Waals surface area contributed by atoms with E-state index in [0.29, 0.717) is 24.5 Å². The van der Waals surface area contributed by atoms with Gasteiger partial charge < -0.3 is 15.2 Å². The second kappa shape index (κ2) is 9.05. The van der Waals surface area contributed by atoms with Gasteiger partial charge in [0, 0.05) is 13.1 Å². The average Bonchev–Trinajstić information content (AvgIpc) is 2.56. The van der Waals surface area contributed by atoms with Crippen LogP contribution in [0.4, 0.5) is 5.69 Å². The molecule has 5 nitrogen and oxygen atoms in total. The number of benzene rings is 2. The van der Waals surface area contributed by atoms with Crippen molar-refractivity contribution >= 4 is 11.6 Å². The number of nitrogens with zero attached hydrogens (tertiary/aromatic N) is 1. The Labute approximate surface area is 142 Å². The molecule has 0 heterocycles. The summed E-state index contributed by atoms with van der Waals surface area (Å²) in [6.07, 6.45) is 0. The predicted octanol–water partition coefficient (Wildman–Crippen LogP) is 2.44. The van der Waals surface area contributed by atoms with Gasteiger partial charge in [-0.1, -0.05) is 36.4 Å². The van der Waals surface area contributed by atoms with E-state index >= 15 is 0 Å². The van der Waals surface area contributed by atoms with Crippen LogP contribution in [-0.4, -0.2) is 42.7 Å². The third-order valence-corrected chi connectivity index (χ3v) is 3.66. The van der Waals surface area contributed by atoms with Crippen LogP contribution in [0.2, 0.25) is 0 Å². The molecule has 0 aliphatic carbocycles. The Hall–Kier alpha value is -2.37. The Kier molecular flexibility index (Phi) is 6.78. The van der Waals surface area contributed by atoms with Crippen molar-refractivity contribution in [3.05, 3.63) is 59.7 Å². The largest absolute Gasteiger partial charge is 0.495 e. The van der Waals surface area contributed by atoms with Crippen molar-refractivity contribution in [1.29, 1.82) is 0 Å². The summed E-state index contributed by atoms with van der Waals surface area (Å²) >= 11 is 0. The molecule has 2 aromatic carbocycles. The minimum absolute atomic E-state index is 0.00782. The molecule has 0 unspecified atom stereocenters. The van der Waals surface area contributed by atoms with Crippen LogP contribution in [-0.2, 0) is 11.3 Å². The number of rotatable bonds is 8. The molecule has 0 aromatic heterocycles. The lowest BCUT2D eigenvalue weighted by Gasteiger charge is -2.21. The van der Waals surface area contributed by atoms with E-state index in [0.717, 1.165) is 11.1 Å². The minimum atomic E-state index is -0.136. The monoisotopic (exact) mass is 328 g/mol. The molecular weight excluding hydrogens is 304 g/mol. The van der Waals surface area contributed by atoms with Crippen molar-refractivity contribution in [2.45, 2.75) is 13.5 Å². The first kappa shape index (κ1) is 18.0. The van der Waals surface area contributed by atoms with E-state index in [9.17, 15) is 9.90 Å². The number of methoxy groups -OCH3 is 1. The summed E-state index contributed by atoms with van der Waals surface area (Å²) in [5.41, 5.74) is 2.81. The summed E-state index contributed by atoms with van der Waals surface area (Å²) in [5.74, 6) is 0.494. The number of amides is 1. The standard InChI is InChI=1S/C19H24N2O3/c1-15-8-9-18(24-2)17(12-15)20-19(23)14-21(10-11-22)13-16-6-4-3-5-7-16/h3-9,12,22H,10-11,13-14H2,1-2H3,(H,20,23). The van der Waals surface area contributed by atoms with E-state index in [1.807, 2.05) is 60.4 Å². The normalized spacial score (nSPS) is 10.7. The van der Waals surface area contributed by atoms with Crippen molar-refractivity contribution in [2.75, 3.05) is 32.1 Å². The Balaban J connectivity index is 2.01. The number of nitrogens with one attached hydrogen (secondary N) is 1. The fraction of sp³-hybridized carbons (Fsp3) is 0.316. The van der Waals surface area contributed by atoms with E-state index in [-0.39, 0.29) is 19.1 Å². The van der Waals surface area contributed by atoms with Gasteiger partial charge in [-0.15, -0.1) is 0 Å². The molecule has 0 aliphatic heterocycles. The summed E-state index contributed by atoms with van der Waals surface area (Å²) < 4.78 is 5.28. The lowest BCUT2D eigenvalue weighted by molar-refractivity contribution is -0.117. The molecular formula is C19H24N2O3. The molecule has 2 N–H and O–H groups in total. The molecule has 2 rings (SSSR count). The number of hydrogen-bond acceptors (Lipinski definition) is 4. The van der Waals surface area contributed by atoms with Gasteiger partial charge in [-0.05, 0) is 30.2 Å². The second-order valence-corrected chi connectivity index (χ2v) is 5.67. The van der Waals surface area contributed by atoms with Gasteiger partial charge in [0.25, 0.3) is 0 Å². The number of aryl methyl sites for hydroxylation is 1. The number of ether oxygens (including phenoxy) is 1. The fourth-order valence-corrected chi connectivity index (χ4v) is 2.51. The highest BCUT2D eigenvalue weighted by Crippen LogP contribution is 2.25. The molecule has 0 bridgehead atoms. The highest BCUT2D eigenvalue weighted by molar-refractivity contribution is 5.93. The summed E-state index contributed by atoms with van der Waals surface area (Å²) in [4.78, 5) is 14.3. The van der Waals surface area contributed by atoms with E-state index in [1.165, 1.54) is 0 Å². The zero-order valence-corrected chi connectivity index (χ0v) is 14.2. The van der Waals surface area contributed by atoms with E-state index in [1.54, 1.807) is 7.11 Å². The molecule has 24 heavy (non-hydrogen) atoms. The molecule has 0 spiro atoms. The number of hydrogen-bond donors (Lipinski definition) is 2. The Morgan fingerprint density at radius 1 is 1.21 bits per heavy atom. The van der Waals surface area contributed by atoms with Gasteiger partial charge in [-0.2, -0.15) is 0 Å². The average molecular weight is 328 g/mol. The SMILES string of the molecule is COc1ccc(C)cc1NC(=O)CN(CCO)Cc1ccccc1. The molecule has 1 amide bonds. The highest BCUT2D eigenvalue weighted by atomic mass is 16.5. The maximum atomic E-state index is 12.4. The van der Waals surface area contributed by atoms with Crippen LogP contribution in [0.3, 0.4) is 0 Å². The number of aliphatic hydroxyl groups is 1. The number of aliphatic hydroxyl groups excluding tert-OH is 1. The Morgan fingerprint density at radius 3 is 2.62 bits per heavy atom. The Morgan fingerprint density at radius 2 is 1.96 bits per heavy atom. The smallest absolute Gasteiger partial charge is 0.238 e. The molecule has 0 saturated heterocycles. The topological polar surface area (TPSA) is 61.8 Å². The maximum Gasteiger partial charge on any atom is 0.238 e. The van der Waals surface area contributed by atoms with E-state index < -0.39 is 0 Å². The van der Waals surface area contributed by atoms with Crippen LogP contribution in [0.15, 0.2) is 48.5 Å². The summed E-state index contributed by atoms with van der Waals surface area (Å²) in [6.45, 7) is 3.22. The van der Waals surface area contributed by atoms with Crippen molar-refractivity contribution < 1.29 is 14.6 Å². The first-order chi connectivity index (χ1) is 11.6. The molecule has 2 aromatic rings. The van der Waals surface area contributed by atoms with E-state index in [4.69, 9.17) is 4.74 Å². The van der Waals surface area contributed by atoms with Crippen LogP contribution < -0.4 is 10.1 Å². The Bertz CT molecular complexity index is 659. The van der Waals surface area contributed by atoms with Crippen LogP contribution in [0.5, 0.6) is 5.75 Å². The van der Waals surface area contributed by atoms with Crippen LogP contribution in [0.25, 0.3) is 0 Å². The quantitative estimate of drug-likeness (QED) is 0.781. The number of anilines is 1. The van der Waals surface area contributed by atoms with Gasteiger partial charge in [0.15, 0.2) is 0 Å². The minimum Gasteiger partial charge on any atom is -0.495 e. The maximum absolute atomic E-state index is 12.4. The summed E-state index contributed by atoms with van der Waals surface area (Å²) in [6, 6.07) is 15.5.